The first-order chi connectivity index (χ1) is 18.4. The number of hydrogen-bond donors (Lipinski definition) is 1. The smallest absolute Gasteiger partial charge is 0.416 e. The van der Waals surface area contributed by atoms with Crippen LogP contribution < -0.4 is 10.1 Å². The number of halogens is 4. The van der Waals surface area contributed by atoms with E-state index in [1.54, 1.807) is 18.3 Å². The van der Waals surface area contributed by atoms with Crippen LogP contribution in [0.5, 0.6) is 5.75 Å². The number of ether oxygens (including phenoxy) is 1. The molecule has 3 rings (SSSR count). The second-order valence-corrected chi connectivity index (χ2v) is 9.41. The topological polar surface area (TPSA) is 71.5 Å². The molecule has 3 aromatic rings. The van der Waals surface area contributed by atoms with Crippen LogP contribution in [0.25, 0.3) is 11.1 Å². The van der Waals surface area contributed by atoms with E-state index in [1.807, 2.05) is 32.8 Å². The fourth-order valence-electron chi connectivity index (χ4n) is 3.99. The summed E-state index contributed by atoms with van der Waals surface area (Å²) in [5.41, 5.74) is 0.502. The summed E-state index contributed by atoms with van der Waals surface area (Å²) in [6.07, 6.45) is -3.02. The highest BCUT2D eigenvalue weighted by molar-refractivity contribution is 5.99. The minimum atomic E-state index is -4.72. The number of aryl methyl sites for hydroxylation is 1. The molecule has 0 saturated heterocycles. The van der Waals surface area contributed by atoms with Crippen molar-refractivity contribution >= 4 is 17.4 Å². The van der Waals surface area contributed by atoms with Crippen molar-refractivity contribution in [3.8, 4) is 16.9 Å². The molecule has 1 N–H and O–H groups in total. The first-order valence-corrected chi connectivity index (χ1v) is 12.5. The van der Waals surface area contributed by atoms with E-state index in [0.717, 1.165) is 17.8 Å². The lowest BCUT2D eigenvalue weighted by molar-refractivity contribution is -0.137. The molecular weight excluding hydrogens is 514 g/mol. The van der Waals surface area contributed by atoms with E-state index in [-0.39, 0.29) is 23.2 Å². The molecule has 10 heteroatoms. The molecule has 0 radical (unpaired) electrons. The molecule has 39 heavy (non-hydrogen) atoms. The third-order valence-corrected chi connectivity index (χ3v) is 5.89. The van der Waals surface area contributed by atoms with Gasteiger partial charge in [-0.3, -0.25) is 14.6 Å². The Bertz CT molecular complexity index is 1340. The molecule has 208 valence electrons. The van der Waals surface area contributed by atoms with E-state index < -0.39 is 35.7 Å². The van der Waals surface area contributed by atoms with Gasteiger partial charge in [0.15, 0.2) is 5.78 Å². The lowest BCUT2D eigenvalue weighted by Gasteiger charge is -2.14. The summed E-state index contributed by atoms with van der Waals surface area (Å²) in [5, 5.41) is 2.38. The summed E-state index contributed by atoms with van der Waals surface area (Å²) < 4.78 is 61.1. The van der Waals surface area contributed by atoms with Crippen LogP contribution in [0.1, 0.15) is 46.9 Å². The van der Waals surface area contributed by atoms with Crippen molar-refractivity contribution < 1.29 is 31.9 Å². The van der Waals surface area contributed by atoms with E-state index >= 15 is 0 Å². The second kappa shape index (κ2) is 12.8. The van der Waals surface area contributed by atoms with E-state index in [2.05, 4.69) is 10.3 Å². The molecule has 2 aromatic carbocycles. The van der Waals surface area contributed by atoms with E-state index in [1.165, 1.54) is 18.2 Å². The van der Waals surface area contributed by atoms with Gasteiger partial charge in [0, 0.05) is 41.2 Å². The average Bonchev–Trinajstić information content (AvgIpc) is 2.84. The molecule has 1 aromatic heterocycles. The molecule has 0 fully saturated rings. The van der Waals surface area contributed by atoms with Gasteiger partial charge >= 0.3 is 6.18 Å². The van der Waals surface area contributed by atoms with Crippen molar-refractivity contribution in [2.45, 2.75) is 39.3 Å². The third-order valence-electron chi connectivity index (χ3n) is 5.89. The van der Waals surface area contributed by atoms with Crippen LogP contribution in [0.2, 0.25) is 0 Å². The van der Waals surface area contributed by atoms with Gasteiger partial charge in [0.1, 0.15) is 11.6 Å². The molecule has 1 heterocycles. The molecular formula is C29H31F4N3O3. The molecule has 0 saturated carbocycles. The number of nitrogens with zero attached hydrogens (tertiary/aromatic N) is 2. The van der Waals surface area contributed by atoms with E-state index in [9.17, 15) is 27.2 Å². The van der Waals surface area contributed by atoms with Crippen molar-refractivity contribution in [3.63, 3.8) is 0 Å². The van der Waals surface area contributed by atoms with Gasteiger partial charge in [-0.1, -0.05) is 12.1 Å². The Morgan fingerprint density at radius 3 is 2.46 bits per heavy atom. The number of amides is 1. The highest BCUT2D eigenvalue weighted by atomic mass is 19.4. The second-order valence-electron chi connectivity index (χ2n) is 9.41. The van der Waals surface area contributed by atoms with Gasteiger partial charge in [-0.2, -0.15) is 13.2 Å². The van der Waals surface area contributed by atoms with Gasteiger partial charge in [-0.15, -0.1) is 0 Å². The van der Waals surface area contributed by atoms with Crippen molar-refractivity contribution in [3.05, 3.63) is 76.9 Å². The van der Waals surface area contributed by atoms with Crippen molar-refractivity contribution in [1.29, 1.82) is 0 Å². The molecule has 0 aliphatic heterocycles. The lowest BCUT2D eigenvalue weighted by Crippen LogP contribution is -2.17. The van der Waals surface area contributed by atoms with Crippen LogP contribution >= 0.6 is 0 Å². The molecule has 0 spiro atoms. The SMILES string of the molecule is CCOc1cc(C)ncc1-c1ccc(CC(=O)Nc2cc(C(=O)CCCN(C)C)cc(C(F)(F)F)c2)c(F)c1. The number of anilines is 1. The number of Topliss-reactive ketones (excluding diaryl/α,β-unsaturated/α-hetero) is 1. The number of hydrogen-bond acceptors (Lipinski definition) is 5. The first-order valence-electron chi connectivity index (χ1n) is 12.5. The monoisotopic (exact) mass is 545 g/mol. The van der Waals surface area contributed by atoms with Crippen LogP contribution in [0.3, 0.4) is 0 Å². The Morgan fingerprint density at radius 2 is 1.82 bits per heavy atom. The van der Waals surface area contributed by atoms with Crippen molar-refractivity contribution in [2.75, 3.05) is 32.6 Å². The highest BCUT2D eigenvalue weighted by Crippen LogP contribution is 2.33. The third kappa shape index (κ3) is 8.35. The number of carbonyl (C=O) groups excluding carboxylic acids is 2. The quantitative estimate of drug-likeness (QED) is 0.226. The standard InChI is InChI=1S/C29H31F4N3O3/c1-5-39-27-11-18(2)34-17-24(27)19-8-9-20(25(30)14-19)15-28(38)35-23-13-21(12-22(16-23)29(31,32)33)26(37)7-6-10-36(3)4/h8-9,11-14,16-17H,5-7,10,15H2,1-4H3,(H,35,38). The number of pyridine rings is 1. The van der Waals surface area contributed by atoms with Crippen LogP contribution in [0.4, 0.5) is 23.2 Å². The number of nitrogens with one attached hydrogen (secondary N) is 1. The van der Waals surface area contributed by atoms with E-state index in [4.69, 9.17) is 4.74 Å². The number of carbonyl (C=O) groups is 2. The summed E-state index contributed by atoms with van der Waals surface area (Å²) in [6, 6.07) is 8.81. The largest absolute Gasteiger partial charge is 0.493 e. The Balaban J connectivity index is 1.79. The van der Waals surface area contributed by atoms with Gasteiger partial charge in [0.05, 0.1) is 18.6 Å². The fourth-order valence-corrected chi connectivity index (χ4v) is 3.99. The Kier molecular flexibility index (Phi) is 9.80. The minimum absolute atomic E-state index is 0.0567. The molecule has 0 bridgehead atoms. The molecule has 6 nitrogen and oxygen atoms in total. The zero-order chi connectivity index (χ0) is 28.7. The van der Waals surface area contributed by atoms with E-state index in [0.29, 0.717) is 36.4 Å². The molecule has 0 aliphatic rings. The summed E-state index contributed by atoms with van der Waals surface area (Å²) in [4.78, 5) is 31.3. The predicted octanol–water partition coefficient (Wildman–Crippen LogP) is 6.32. The maximum absolute atomic E-state index is 15.0. The predicted molar refractivity (Wildman–Crippen MR) is 141 cm³/mol. The van der Waals surface area contributed by atoms with Gasteiger partial charge in [0.2, 0.25) is 5.91 Å². The molecule has 0 unspecified atom stereocenters. The summed E-state index contributed by atoms with van der Waals surface area (Å²) in [6.45, 7) is 4.65. The first kappa shape index (κ1) is 29.8. The van der Waals surface area contributed by atoms with Crippen molar-refractivity contribution in [1.82, 2.24) is 9.88 Å². The summed E-state index contributed by atoms with van der Waals surface area (Å²) in [7, 11) is 3.66. The molecule has 1 amide bonds. The Morgan fingerprint density at radius 1 is 1.08 bits per heavy atom. The van der Waals surface area contributed by atoms with Gasteiger partial charge in [-0.05, 0) is 76.3 Å². The molecule has 0 aliphatic carbocycles. The fraction of sp³-hybridized carbons (Fsp3) is 0.345. The number of ketones is 1. The average molecular weight is 546 g/mol. The van der Waals surface area contributed by atoms with Crippen LogP contribution in [0, 0.1) is 12.7 Å². The van der Waals surface area contributed by atoms with Crippen LogP contribution in [0.15, 0.2) is 48.7 Å². The van der Waals surface area contributed by atoms with Crippen molar-refractivity contribution in [2.24, 2.45) is 0 Å². The maximum Gasteiger partial charge on any atom is 0.416 e. The number of benzene rings is 2. The lowest BCUT2D eigenvalue weighted by atomic mass is 10.0. The normalized spacial score (nSPS) is 11.5. The summed E-state index contributed by atoms with van der Waals surface area (Å²) >= 11 is 0. The zero-order valence-electron chi connectivity index (χ0n) is 22.3. The molecule has 0 atom stereocenters. The van der Waals surface area contributed by atoms with Crippen LogP contribution in [-0.4, -0.2) is 48.8 Å². The highest BCUT2D eigenvalue weighted by Gasteiger charge is 2.32. The number of alkyl halides is 3. The Hall–Kier alpha value is -3.79. The van der Waals surface area contributed by atoms with Gasteiger partial charge in [-0.25, -0.2) is 4.39 Å². The maximum atomic E-state index is 15.0. The zero-order valence-corrected chi connectivity index (χ0v) is 22.3. The van der Waals surface area contributed by atoms with Gasteiger partial charge < -0.3 is 15.0 Å². The number of aromatic nitrogens is 1. The van der Waals surface area contributed by atoms with Crippen LogP contribution in [-0.2, 0) is 17.4 Å². The number of rotatable bonds is 11. The Labute approximate surface area is 225 Å². The van der Waals surface area contributed by atoms with Gasteiger partial charge in [0.25, 0.3) is 0 Å². The summed E-state index contributed by atoms with van der Waals surface area (Å²) in [5.74, 6) is -1.30. The minimum Gasteiger partial charge on any atom is -0.493 e.